The third kappa shape index (κ3) is 3.30. The van der Waals surface area contributed by atoms with Gasteiger partial charge in [0.15, 0.2) is 11.5 Å². The fraction of sp³-hybridized carbons (Fsp3) is 0.667. The summed E-state index contributed by atoms with van der Waals surface area (Å²) >= 11 is 0. The molecule has 0 saturated heterocycles. The zero-order chi connectivity index (χ0) is 13.0. The molecule has 0 spiro atoms. The van der Waals surface area contributed by atoms with Crippen molar-refractivity contribution in [3.63, 3.8) is 0 Å². The van der Waals surface area contributed by atoms with Crippen molar-refractivity contribution < 1.29 is 9.53 Å². The fourth-order valence-corrected chi connectivity index (χ4v) is 1.60. The van der Waals surface area contributed by atoms with E-state index in [1.54, 1.807) is 18.0 Å². The van der Waals surface area contributed by atoms with Gasteiger partial charge in [0, 0.05) is 19.0 Å². The van der Waals surface area contributed by atoms with E-state index in [-0.39, 0.29) is 11.8 Å². The van der Waals surface area contributed by atoms with Crippen LogP contribution in [0, 0.1) is 0 Å². The van der Waals surface area contributed by atoms with Gasteiger partial charge < -0.3 is 9.64 Å². The van der Waals surface area contributed by atoms with Gasteiger partial charge in [0.2, 0.25) is 0 Å². The van der Waals surface area contributed by atoms with E-state index in [1.807, 2.05) is 32.8 Å². The SMILES string of the molecule is COc1cnn(C(C)C)c1C(=O)CCN(C)C. The van der Waals surface area contributed by atoms with E-state index in [4.69, 9.17) is 4.74 Å². The fourth-order valence-electron chi connectivity index (χ4n) is 1.60. The minimum atomic E-state index is 0.0711. The van der Waals surface area contributed by atoms with Crippen LogP contribution in [0.25, 0.3) is 0 Å². The Balaban J connectivity index is 2.93. The molecule has 0 unspecified atom stereocenters. The molecule has 5 heteroatoms. The van der Waals surface area contributed by atoms with Crippen molar-refractivity contribution >= 4 is 5.78 Å². The second-order valence-electron chi connectivity index (χ2n) is 4.58. The lowest BCUT2D eigenvalue weighted by molar-refractivity contribution is 0.0957. The summed E-state index contributed by atoms with van der Waals surface area (Å²) in [5.74, 6) is 0.629. The maximum Gasteiger partial charge on any atom is 0.185 e. The lowest BCUT2D eigenvalue weighted by Crippen LogP contribution is -2.20. The van der Waals surface area contributed by atoms with Crippen LogP contribution in [0.2, 0.25) is 0 Å². The largest absolute Gasteiger partial charge is 0.493 e. The van der Waals surface area contributed by atoms with Crippen LogP contribution in [0.5, 0.6) is 5.75 Å². The third-order valence-electron chi connectivity index (χ3n) is 2.52. The van der Waals surface area contributed by atoms with Crippen molar-refractivity contribution in [1.29, 1.82) is 0 Å². The number of rotatable bonds is 6. The number of nitrogens with zero attached hydrogens (tertiary/aromatic N) is 3. The summed E-state index contributed by atoms with van der Waals surface area (Å²) in [5, 5.41) is 4.19. The molecule has 0 aliphatic rings. The molecule has 0 atom stereocenters. The summed E-state index contributed by atoms with van der Waals surface area (Å²) in [7, 11) is 5.46. The lowest BCUT2D eigenvalue weighted by Gasteiger charge is -2.13. The molecule has 0 aliphatic carbocycles. The van der Waals surface area contributed by atoms with Gasteiger partial charge in [-0.1, -0.05) is 0 Å². The Labute approximate surface area is 102 Å². The summed E-state index contributed by atoms with van der Waals surface area (Å²) in [4.78, 5) is 14.1. The van der Waals surface area contributed by atoms with E-state index in [0.29, 0.717) is 17.9 Å². The Hall–Kier alpha value is -1.36. The molecule has 5 nitrogen and oxygen atoms in total. The standard InChI is InChI=1S/C12H21N3O2/c1-9(2)15-12(11(17-5)8-13-15)10(16)6-7-14(3)4/h8-9H,6-7H2,1-5H3. The second kappa shape index (κ2) is 5.82. The van der Waals surface area contributed by atoms with Gasteiger partial charge in [-0.05, 0) is 27.9 Å². The number of aromatic nitrogens is 2. The maximum absolute atomic E-state index is 12.1. The quantitative estimate of drug-likeness (QED) is 0.708. The van der Waals surface area contributed by atoms with Gasteiger partial charge in [-0.2, -0.15) is 5.10 Å². The van der Waals surface area contributed by atoms with E-state index in [0.717, 1.165) is 6.54 Å². The first kappa shape index (κ1) is 13.7. The van der Waals surface area contributed by atoms with Crippen LogP contribution < -0.4 is 4.74 Å². The highest BCUT2D eigenvalue weighted by molar-refractivity contribution is 5.97. The number of carbonyl (C=O) groups is 1. The van der Waals surface area contributed by atoms with E-state index in [2.05, 4.69) is 5.10 Å². The molecule has 0 amide bonds. The zero-order valence-corrected chi connectivity index (χ0v) is 11.2. The summed E-state index contributed by atoms with van der Waals surface area (Å²) in [5.41, 5.74) is 0.573. The minimum absolute atomic E-state index is 0.0711. The van der Waals surface area contributed by atoms with Crippen molar-refractivity contribution in [2.24, 2.45) is 0 Å². The van der Waals surface area contributed by atoms with Crippen molar-refractivity contribution in [1.82, 2.24) is 14.7 Å². The van der Waals surface area contributed by atoms with E-state index in [9.17, 15) is 4.79 Å². The van der Waals surface area contributed by atoms with Gasteiger partial charge in [-0.15, -0.1) is 0 Å². The smallest absolute Gasteiger partial charge is 0.185 e. The van der Waals surface area contributed by atoms with Crippen LogP contribution in [0.1, 0.15) is 36.8 Å². The zero-order valence-electron chi connectivity index (χ0n) is 11.2. The Morgan fingerprint density at radius 3 is 2.65 bits per heavy atom. The molecule has 1 heterocycles. The Kier molecular flexibility index (Phi) is 4.69. The minimum Gasteiger partial charge on any atom is -0.493 e. The van der Waals surface area contributed by atoms with Crippen LogP contribution in [0.4, 0.5) is 0 Å². The van der Waals surface area contributed by atoms with Gasteiger partial charge in [0.25, 0.3) is 0 Å². The summed E-state index contributed by atoms with van der Waals surface area (Å²) < 4.78 is 6.91. The maximum atomic E-state index is 12.1. The van der Waals surface area contributed by atoms with E-state index >= 15 is 0 Å². The van der Waals surface area contributed by atoms with Crippen molar-refractivity contribution in [2.75, 3.05) is 27.7 Å². The van der Waals surface area contributed by atoms with Crippen LogP contribution >= 0.6 is 0 Å². The van der Waals surface area contributed by atoms with Gasteiger partial charge >= 0.3 is 0 Å². The van der Waals surface area contributed by atoms with E-state index < -0.39 is 0 Å². The number of hydrogen-bond acceptors (Lipinski definition) is 4. The Bertz CT molecular complexity index is 383. The van der Waals surface area contributed by atoms with Gasteiger partial charge in [0.05, 0.1) is 13.3 Å². The number of Topliss-reactive ketones (excluding diaryl/α,β-unsaturated/α-hetero) is 1. The third-order valence-corrected chi connectivity index (χ3v) is 2.52. The molecular formula is C12H21N3O2. The molecule has 1 aromatic rings. The van der Waals surface area contributed by atoms with Crippen molar-refractivity contribution in [2.45, 2.75) is 26.3 Å². The first-order chi connectivity index (χ1) is 7.97. The van der Waals surface area contributed by atoms with Crippen molar-refractivity contribution in [3.05, 3.63) is 11.9 Å². The lowest BCUT2D eigenvalue weighted by atomic mass is 10.2. The van der Waals surface area contributed by atoms with Gasteiger partial charge in [-0.3, -0.25) is 9.48 Å². The topological polar surface area (TPSA) is 47.4 Å². The van der Waals surface area contributed by atoms with E-state index in [1.165, 1.54) is 0 Å². The molecular weight excluding hydrogens is 218 g/mol. The number of ketones is 1. The highest BCUT2D eigenvalue weighted by atomic mass is 16.5. The molecule has 0 radical (unpaired) electrons. The van der Waals surface area contributed by atoms with Crippen molar-refractivity contribution in [3.8, 4) is 5.75 Å². The molecule has 0 bridgehead atoms. The molecule has 1 aromatic heterocycles. The predicted molar refractivity (Wildman–Crippen MR) is 66.7 cm³/mol. The summed E-state index contributed by atoms with van der Waals surface area (Å²) in [6.07, 6.45) is 2.07. The highest BCUT2D eigenvalue weighted by Gasteiger charge is 2.20. The molecule has 0 aromatic carbocycles. The number of hydrogen-bond donors (Lipinski definition) is 0. The normalized spacial score (nSPS) is 11.2. The van der Waals surface area contributed by atoms with Crippen LogP contribution in [-0.4, -0.2) is 48.2 Å². The molecule has 0 fully saturated rings. The Morgan fingerprint density at radius 1 is 1.53 bits per heavy atom. The molecule has 1 rings (SSSR count). The predicted octanol–water partition coefficient (Wildman–Crippen LogP) is 1.61. The average molecular weight is 239 g/mol. The number of carbonyl (C=O) groups excluding carboxylic acids is 1. The first-order valence-corrected chi connectivity index (χ1v) is 5.76. The monoisotopic (exact) mass is 239 g/mol. The Morgan fingerprint density at radius 2 is 2.18 bits per heavy atom. The van der Waals surface area contributed by atoms with Crippen LogP contribution in [0.3, 0.4) is 0 Å². The molecule has 96 valence electrons. The number of ether oxygens (including phenoxy) is 1. The highest BCUT2D eigenvalue weighted by Crippen LogP contribution is 2.22. The summed E-state index contributed by atoms with van der Waals surface area (Å²) in [6.45, 7) is 4.72. The van der Waals surface area contributed by atoms with Crippen LogP contribution in [-0.2, 0) is 0 Å². The van der Waals surface area contributed by atoms with Gasteiger partial charge in [0.1, 0.15) is 5.69 Å². The molecule has 17 heavy (non-hydrogen) atoms. The van der Waals surface area contributed by atoms with Crippen LogP contribution in [0.15, 0.2) is 6.20 Å². The molecule has 0 N–H and O–H groups in total. The second-order valence-corrected chi connectivity index (χ2v) is 4.58. The molecule has 0 saturated carbocycles. The molecule has 0 aliphatic heterocycles. The average Bonchev–Trinajstić information content (AvgIpc) is 2.69. The number of methoxy groups -OCH3 is 1. The van der Waals surface area contributed by atoms with Gasteiger partial charge in [-0.25, -0.2) is 0 Å². The first-order valence-electron chi connectivity index (χ1n) is 5.76. The summed E-state index contributed by atoms with van der Waals surface area (Å²) in [6, 6.07) is 0.150.